The first-order valence-corrected chi connectivity index (χ1v) is 9.69. The van der Waals surface area contributed by atoms with E-state index in [1.165, 1.54) is 11.1 Å². The Morgan fingerprint density at radius 3 is 2.14 bits per heavy atom. The Bertz CT molecular complexity index is 837. The smallest absolute Gasteiger partial charge is 0.224 e. The first-order chi connectivity index (χ1) is 13.7. The zero-order valence-electron chi connectivity index (χ0n) is 16.4. The number of para-hydroxylation sites is 1. The SMILES string of the molecule is CN(CCc1ccncc1)C(=O)CCN(Cc1ccccc1)c1ccccc1. The van der Waals surface area contributed by atoms with Crippen LogP contribution in [0.1, 0.15) is 17.5 Å². The summed E-state index contributed by atoms with van der Waals surface area (Å²) in [6, 6.07) is 24.7. The van der Waals surface area contributed by atoms with Crippen LogP contribution in [0.4, 0.5) is 5.69 Å². The fourth-order valence-corrected chi connectivity index (χ4v) is 3.13. The van der Waals surface area contributed by atoms with E-state index < -0.39 is 0 Å². The summed E-state index contributed by atoms with van der Waals surface area (Å²) in [6.07, 6.45) is 4.92. The van der Waals surface area contributed by atoms with Crippen LogP contribution in [0.15, 0.2) is 85.2 Å². The van der Waals surface area contributed by atoms with E-state index in [1.807, 2.05) is 48.3 Å². The Kier molecular flexibility index (Phi) is 7.19. The Morgan fingerprint density at radius 1 is 0.821 bits per heavy atom. The molecule has 4 nitrogen and oxygen atoms in total. The van der Waals surface area contributed by atoms with E-state index >= 15 is 0 Å². The Morgan fingerprint density at radius 2 is 1.46 bits per heavy atom. The van der Waals surface area contributed by atoms with Gasteiger partial charge in [0.1, 0.15) is 0 Å². The summed E-state index contributed by atoms with van der Waals surface area (Å²) < 4.78 is 0. The van der Waals surface area contributed by atoms with E-state index in [9.17, 15) is 4.79 Å². The largest absolute Gasteiger partial charge is 0.367 e. The molecule has 4 heteroatoms. The number of hydrogen-bond donors (Lipinski definition) is 0. The van der Waals surface area contributed by atoms with Crippen LogP contribution in [0.2, 0.25) is 0 Å². The second kappa shape index (κ2) is 10.3. The van der Waals surface area contributed by atoms with Gasteiger partial charge in [-0.2, -0.15) is 0 Å². The minimum atomic E-state index is 0.169. The molecule has 28 heavy (non-hydrogen) atoms. The summed E-state index contributed by atoms with van der Waals surface area (Å²) >= 11 is 0. The Hall–Kier alpha value is -3.14. The second-order valence-electron chi connectivity index (χ2n) is 6.91. The Balaban J connectivity index is 1.57. The number of rotatable bonds is 9. The monoisotopic (exact) mass is 373 g/mol. The third-order valence-corrected chi connectivity index (χ3v) is 4.84. The van der Waals surface area contributed by atoms with Gasteiger partial charge >= 0.3 is 0 Å². The van der Waals surface area contributed by atoms with Crippen LogP contribution in [0.5, 0.6) is 0 Å². The molecule has 2 aromatic carbocycles. The number of carbonyl (C=O) groups is 1. The highest BCUT2D eigenvalue weighted by Crippen LogP contribution is 2.17. The van der Waals surface area contributed by atoms with Crippen molar-refractivity contribution in [2.75, 3.05) is 25.0 Å². The van der Waals surface area contributed by atoms with Crippen LogP contribution < -0.4 is 4.90 Å². The van der Waals surface area contributed by atoms with Gasteiger partial charge in [0.15, 0.2) is 0 Å². The molecule has 3 aromatic rings. The molecule has 0 saturated heterocycles. The molecule has 0 aliphatic carbocycles. The lowest BCUT2D eigenvalue weighted by molar-refractivity contribution is -0.129. The number of pyridine rings is 1. The van der Waals surface area contributed by atoms with Crippen LogP contribution in [0.3, 0.4) is 0 Å². The second-order valence-corrected chi connectivity index (χ2v) is 6.91. The summed E-state index contributed by atoms with van der Waals surface area (Å²) in [4.78, 5) is 20.8. The summed E-state index contributed by atoms with van der Waals surface area (Å²) in [7, 11) is 1.88. The van der Waals surface area contributed by atoms with Crippen molar-refractivity contribution in [2.45, 2.75) is 19.4 Å². The molecular weight excluding hydrogens is 346 g/mol. The molecule has 0 aliphatic rings. The highest BCUT2D eigenvalue weighted by atomic mass is 16.2. The van der Waals surface area contributed by atoms with E-state index in [0.29, 0.717) is 19.5 Å². The molecule has 0 bridgehead atoms. The lowest BCUT2D eigenvalue weighted by atomic mass is 10.1. The molecule has 0 radical (unpaired) electrons. The van der Waals surface area contributed by atoms with E-state index in [2.05, 4.69) is 46.3 Å². The highest BCUT2D eigenvalue weighted by molar-refractivity contribution is 5.76. The van der Waals surface area contributed by atoms with Crippen molar-refractivity contribution < 1.29 is 4.79 Å². The standard InChI is InChI=1S/C24H27N3O/c1-26(18-14-21-12-16-25-17-13-21)24(28)15-19-27(23-10-6-3-7-11-23)20-22-8-4-2-5-9-22/h2-13,16-17H,14-15,18-20H2,1H3. The van der Waals surface area contributed by atoms with E-state index in [-0.39, 0.29) is 5.91 Å². The van der Waals surface area contributed by atoms with Crippen molar-refractivity contribution >= 4 is 11.6 Å². The molecule has 1 heterocycles. The van der Waals surface area contributed by atoms with Gasteiger partial charge in [0.05, 0.1) is 0 Å². The van der Waals surface area contributed by atoms with Crippen molar-refractivity contribution in [3.8, 4) is 0 Å². The predicted octanol–water partition coefficient (Wildman–Crippen LogP) is 4.18. The third-order valence-electron chi connectivity index (χ3n) is 4.84. The lowest BCUT2D eigenvalue weighted by Gasteiger charge is -2.26. The number of likely N-dealkylation sites (N-methyl/N-ethyl adjacent to an activating group) is 1. The molecule has 144 valence electrons. The molecule has 3 rings (SSSR count). The van der Waals surface area contributed by atoms with Gasteiger partial charge in [0.2, 0.25) is 5.91 Å². The number of carbonyl (C=O) groups excluding carboxylic acids is 1. The molecule has 0 fully saturated rings. The molecule has 1 aromatic heterocycles. The number of amides is 1. The van der Waals surface area contributed by atoms with Crippen LogP contribution in [0.25, 0.3) is 0 Å². The Labute approximate surface area is 167 Å². The van der Waals surface area contributed by atoms with Crippen LogP contribution >= 0.6 is 0 Å². The topological polar surface area (TPSA) is 36.4 Å². The summed E-state index contributed by atoms with van der Waals surface area (Å²) in [5.74, 6) is 0.169. The minimum absolute atomic E-state index is 0.169. The van der Waals surface area contributed by atoms with Crippen LogP contribution in [-0.4, -0.2) is 35.9 Å². The fraction of sp³-hybridized carbons (Fsp3) is 0.250. The number of aromatic nitrogens is 1. The average molecular weight is 374 g/mol. The molecule has 0 N–H and O–H groups in total. The van der Waals surface area contributed by atoms with Gasteiger partial charge in [-0.1, -0.05) is 48.5 Å². The molecular formula is C24H27N3O. The molecule has 0 spiro atoms. The van der Waals surface area contributed by atoms with E-state index in [4.69, 9.17) is 0 Å². The molecule has 0 aliphatic heterocycles. The summed E-state index contributed by atoms with van der Waals surface area (Å²) in [5.41, 5.74) is 3.58. The maximum absolute atomic E-state index is 12.6. The van der Waals surface area contributed by atoms with Gasteiger partial charge in [-0.15, -0.1) is 0 Å². The van der Waals surface area contributed by atoms with Crippen LogP contribution in [0, 0.1) is 0 Å². The van der Waals surface area contributed by atoms with Gasteiger partial charge in [-0.3, -0.25) is 9.78 Å². The number of hydrogen-bond acceptors (Lipinski definition) is 3. The van der Waals surface area contributed by atoms with Gasteiger partial charge < -0.3 is 9.80 Å². The van der Waals surface area contributed by atoms with E-state index in [0.717, 1.165) is 18.7 Å². The zero-order chi connectivity index (χ0) is 19.6. The highest BCUT2D eigenvalue weighted by Gasteiger charge is 2.13. The first-order valence-electron chi connectivity index (χ1n) is 9.69. The van der Waals surface area contributed by atoms with Crippen molar-refractivity contribution in [2.24, 2.45) is 0 Å². The van der Waals surface area contributed by atoms with Crippen molar-refractivity contribution in [3.05, 3.63) is 96.3 Å². The van der Waals surface area contributed by atoms with Gasteiger partial charge in [0, 0.05) is 51.2 Å². The number of benzene rings is 2. The van der Waals surface area contributed by atoms with Gasteiger partial charge in [-0.25, -0.2) is 0 Å². The molecule has 0 saturated carbocycles. The summed E-state index contributed by atoms with van der Waals surface area (Å²) in [5, 5.41) is 0. The van der Waals surface area contributed by atoms with Gasteiger partial charge in [0.25, 0.3) is 0 Å². The van der Waals surface area contributed by atoms with Crippen molar-refractivity contribution in [1.82, 2.24) is 9.88 Å². The molecule has 0 atom stereocenters. The minimum Gasteiger partial charge on any atom is -0.367 e. The quantitative estimate of drug-likeness (QED) is 0.565. The fourth-order valence-electron chi connectivity index (χ4n) is 3.13. The van der Waals surface area contributed by atoms with E-state index in [1.54, 1.807) is 12.4 Å². The normalized spacial score (nSPS) is 10.5. The van der Waals surface area contributed by atoms with Crippen LogP contribution in [-0.2, 0) is 17.8 Å². The summed E-state index contributed by atoms with van der Waals surface area (Å²) in [6.45, 7) is 2.20. The maximum Gasteiger partial charge on any atom is 0.224 e. The number of nitrogens with zero attached hydrogens (tertiary/aromatic N) is 3. The first kappa shape index (κ1) is 19.6. The van der Waals surface area contributed by atoms with Crippen molar-refractivity contribution in [1.29, 1.82) is 0 Å². The average Bonchev–Trinajstić information content (AvgIpc) is 2.76. The molecule has 0 unspecified atom stereocenters. The van der Waals surface area contributed by atoms with Crippen molar-refractivity contribution in [3.63, 3.8) is 0 Å². The molecule has 1 amide bonds. The number of anilines is 1. The third kappa shape index (κ3) is 5.95. The lowest BCUT2D eigenvalue weighted by Crippen LogP contribution is -2.33. The predicted molar refractivity (Wildman–Crippen MR) is 114 cm³/mol. The zero-order valence-corrected chi connectivity index (χ0v) is 16.4. The van der Waals surface area contributed by atoms with Gasteiger partial charge in [-0.05, 0) is 41.8 Å². The maximum atomic E-state index is 12.6.